The lowest BCUT2D eigenvalue weighted by Crippen LogP contribution is -2.32. The molecule has 1 aliphatic rings. The molecule has 0 heterocycles. The van der Waals surface area contributed by atoms with Gasteiger partial charge in [-0.05, 0) is 48.8 Å². The van der Waals surface area contributed by atoms with Gasteiger partial charge >= 0.3 is 0 Å². The molecule has 2 rings (SSSR count). The molecule has 0 spiro atoms. The van der Waals surface area contributed by atoms with Crippen molar-refractivity contribution < 1.29 is 4.39 Å². The highest BCUT2D eigenvalue weighted by Crippen LogP contribution is 2.28. The summed E-state index contributed by atoms with van der Waals surface area (Å²) in [4.78, 5) is 0. The number of nitrogens with two attached hydrogens (primary N) is 1. The van der Waals surface area contributed by atoms with Crippen molar-refractivity contribution >= 4 is 5.69 Å². The van der Waals surface area contributed by atoms with Crippen LogP contribution in [0.5, 0.6) is 0 Å². The Morgan fingerprint density at radius 1 is 1.16 bits per heavy atom. The first kappa shape index (κ1) is 14.3. The van der Waals surface area contributed by atoms with Crippen LogP contribution in [0, 0.1) is 5.82 Å². The van der Waals surface area contributed by atoms with E-state index in [0.29, 0.717) is 12.1 Å². The minimum Gasteiger partial charge on any atom is -0.382 e. The summed E-state index contributed by atoms with van der Waals surface area (Å²) >= 11 is 0. The number of benzene rings is 1. The molecule has 0 saturated heterocycles. The molecule has 3 N–H and O–H groups in total. The van der Waals surface area contributed by atoms with Crippen LogP contribution >= 0.6 is 0 Å². The molecule has 1 aromatic carbocycles. The maximum absolute atomic E-state index is 14.1. The van der Waals surface area contributed by atoms with E-state index in [1.807, 2.05) is 32.9 Å². The second-order valence-electron chi connectivity index (χ2n) is 6.70. The van der Waals surface area contributed by atoms with Crippen LogP contribution in [0.2, 0.25) is 0 Å². The van der Waals surface area contributed by atoms with Gasteiger partial charge in [-0.1, -0.05) is 26.8 Å². The molecule has 0 amide bonds. The maximum atomic E-state index is 14.1. The number of anilines is 1. The minimum absolute atomic E-state index is 0.120. The summed E-state index contributed by atoms with van der Waals surface area (Å²) in [5.41, 5.74) is 7.39. The summed E-state index contributed by atoms with van der Waals surface area (Å²) < 4.78 is 14.1. The van der Waals surface area contributed by atoms with Gasteiger partial charge in [0.2, 0.25) is 0 Å². The quantitative estimate of drug-likeness (QED) is 0.852. The van der Waals surface area contributed by atoms with Crippen molar-refractivity contribution in [3.05, 3.63) is 29.6 Å². The third-order valence-corrected chi connectivity index (χ3v) is 3.92. The zero-order valence-corrected chi connectivity index (χ0v) is 12.2. The number of hydrogen-bond acceptors (Lipinski definition) is 2. The Balaban J connectivity index is 2.04. The van der Waals surface area contributed by atoms with Gasteiger partial charge in [-0.25, -0.2) is 4.39 Å². The molecule has 1 aromatic rings. The van der Waals surface area contributed by atoms with Crippen molar-refractivity contribution in [3.63, 3.8) is 0 Å². The van der Waals surface area contributed by atoms with Gasteiger partial charge in [0, 0.05) is 17.8 Å². The molecule has 106 valence electrons. The highest BCUT2D eigenvalue weighted by Gasteiger charge is 2.20. The van der Waals surface area contributed by atoms with Gasteiger partial charge < -0.3 is 11.1 Å². The minimum atomic E-state index is -0.153. The van der Waals surface area contributed by atoms with E-state index in [-0.39, 0.29) is 11.2 Å². The van der Waals surface area contributed by atoms with Crippen LogP contribution < -0.4 is 11.1 Å². The van der Waals surface area contributed by atoms with E-state index in [1.165, 1.54) is 0 Å². The largest absolute Gasteiger partial charge is 0.382 e. The van der Waals surface area contributed by atoms with Crippen LogP contribution in [-0.4, -0.2) is 12.1 Å². The first-order valence-corrected chi connectivity index (χ1v) is 7.18. The van der Waals surface area contributed by atoms with Crippen LogP contribution in [0.25, 0.3) is 0 Å². The lowest BCUT2D eigenvalue weighted by molar-refractivity contribution is 0.411. The second-order valence-corrected chi connectivity index (χ2v) is 6.70. The standard InChI is InChI=1S/C16H25FN2/c1-16(2,3)14-9-8-13(10-15(14)17)19-12-6-4-11(18)5-7-12/h8-12,19H,4-7,18H2,1-3H3. The van der Waals surface area contributed by atoms with E-state index in [0.717, 1.165) is 36.9 Å². The second kappa shape index (κ2) is 5.49. The predicted molar refractivity (Wildman–Crippen MR) is 79.0 cm³/mol. The van der Waals surface area contributed by atoms with Gasteiger partial charge in [-0.3, -0.25) is 0 Å². The molecular formula is C16H25FN2. The molecule has 1 fully saturated rings. The summed E-state index contributed by atoms with van der Waals surface area (Å²) in [6.07, 6.45) is 4.26. The van der Waals surface area contributed by atoms with E-state index < -0.39 is 0 Å². The normalized spacial score (nSPS) is 24.3. The van der Waals surface area contributed by atoms with E-state index in [1.54, 1.807) is 6.07 Å². The third-order valence-electron chi connectivity index (χ3n) is 3.92. The first-order valence-electron chi connectivity index (χ1n) is 7.18. The highest BCUT2D eigenvalue weighted by molar-refractivity contribution is 5.47. The summed E-state index contributed by atoms with van der Waals surface area (Å²) in [6.45, 7) is 6.09. The van der Waals surface area contributed by atoms with Crippen LogP contribution in [0.3, 0.4) is 0 Å². The van der Waals surface area contributed by atoms with Crippen molar-refractivity contribution in [2.45, 2.75) is 64.0 Å². The zero-order valence-electron chi connectivity index (χ0n) is 12.2. The highest BCUT2D eigenvalue weighted by atomic mass is 19.1. The molecule has 0 aromatic heterocycles. The van der Waals surface area contributed by atoms with Crippen molar-refractivity contribution in [1.82, 2.24) is 0 Å². The van der Waals surface area contributed by atoms with Gasteiger partial charge in [0.05, 0.1) is 0 Å². The lowest BCUT2D eigenvalue weighted by atomic mass is 9.86. The van der Waals surface area contributed by atoms with Gasteiger partial charge in [0.1, 0.15) is 5.82 Å². The smallest absolute Gasteiger partial charge is 0.128 e. The fraction of sp³-hybridized carbons (Fsp3) is 0.625. The first-order chi connectivity index (χ1) is 8.86. The molecule has 3 heteroatoms. The molecule has 0 atom stereocenters. The average molecular weight is 264 g/mol. The number of halogens is 1. The van der Waals surface area contributed by atoms with Gasteiger partial charge in [0.25, 0.3) is 0 Å². The predicted octanol–water partition coefficient (Wildman–Crippen LogP) is 3.81. The van der Waals surface area contributed by atoms with Crippen molar-refractivity contribution in [1.29, 1.82) is 0 Å². The SMILES string of the molecule is CC(C)(C)c1ccc(NC2CCC(N)CC2)cc1F. The summed E-state index contributed by atoms with van der Waals surface area (Å²) in [6, 6.07) is 6.28. The summed E-state index contributed by atoms with van der Waals surface area (Å²) in [5, 5.41) is 3.43. The van der Waals surface area contributed by atoms with E-state index in [9.17, 15) is 4.39 Å². The zero-order chi connectivity index (χ0) is 14.0. The molecule has 1 aliphatic carbocycles. The third kappa shape index (κ3) is 3.69. The molecule has 19 heavy (non-hydrogen) atoms. The molecule has 0 radical (unpaired) electrons. The van der Waals surface area contributed by atoms with Crippen molar-refractivity contribution in [2.75, 3.05) is 5.32 Å². The lowest BCUT2D eigenvalue weighted by Gasteiger charge is -2.28. The molecule has 0 aliphatic heterocycles. The van der Waals surface area contributed by atoms with E-state index in [4.69, 9.17) is 5.73 Å². The van der Waals surface area contributed by atoms with Crippen LogP contribution in [0.1, 0.15) is 52.0 Å². The van der Waals surface area contributed by atoms with Crippen LogP contribution in [0.4, 0.5) is 10.1 Å². The summed E-state index contributed by atoms with van der Waals surface area (Å²) in [7, 11) is 0. The number of rotatable bonds is 2. The fourth-order valence-corrected chi connectivity index (χ4v) is 2.71. The molecule has 2 nitrogen and oxygen atoms in total. The van der Waals surface area contributed by atoms with Gasteiger partial charge in [0.15, 0.2) is 0 Å². The fourth-order valence-electron chi connectivity index (χ4n) is 2.71. The Labute approximate surface area is 115 Å². The Morgan fingerprint density at radius 3 is 2.32 bits per heavy atom. The van der Waals surface area contributed by atoms with Crippen molar-refractivity contribution in [3.8, 4) is 0 Å². The van der Waals surface area contributed by atoms with Crippen molar-refractivity contribution in [2.24, 2.45) is 5.73 Å². The molecule has 0 bridgehead atoms. The maximum Gasteiger partial charge on any atom is 0.128 e. The Hall–Kier alpha value is -1.09. The average Bonchev–Trinajstić information content (AvgIpc) is 2.30. The van der Waals surface area contributed by atoms with E-state index >= 15 is 0 Å². The molecule has 0 unspecified atom stereocenters. The Morgan fingerprint density at radius 2 is 1.79 bits per heavy atom. The monoisotopic (exact) mass is 264 g/mol. The van der Waals surface area contributed by atoms with E-state index in [2.05, 4.69) is 5.32 Å². The Bertz CT molecular complexity index is 429. The van der Waals surface area contributed by atoms with Gasteiger partial charge in [-0.15, -0.1) is 0 Å². The number of hydrogen-bond donors (Lipinski definition) is 2. The van der Waals surface area contributed by atoms with Gasteiger partial charge in [-0.2, -0.15) is 0 Å². The van der Waals surface area contributed by atoms with Crippen LogP contribution in [-0.2, 0) is 5.41 Å². The van der Waals surface area contributed by atoms with Crippen LogP contribution in [0.15, 0.2) is 18.2 Å². The molecule has 1 saturated carbocycles. The topological polar surface area (TPSA) is 38.0 Å². The Kier molecular flexibility index (Phi) is 4.14. The molecular weight excluding hydrogens is 239 g/mol. The summed E-state index contributed by atoms with van der Waals surface area (Å²) in [5.74, 6) is -0.120. The number of nitrogens with one attached hydrogen (secondary N) is 1.